The van der Waals surface area contributed by atoms with Crippen LogP contribution in [-0.2, 0) is 4.74 Å². The lowest BCUT2D eigenvalue weighted by atomic mass is 9.78. The number of fused-ring (bicyclic) bond motifs is 3. The zero-order valence-electron chi connectivity index (χ0n) is 16.0. The summed E-state index contributed by atoms with van der Waals surface area (Å²) in [4.78, 5) is 12.3. The Bertz CT molecular complexity index is 815. The molecule has 0 spiro atoms. The minimum Gasteiger partial charge on any atom is -0.449 e. The fraction of sp³-hybridized carbons (Fsp3) is 0.435. The molecule has 142 valence electrons. The number of amides is 1. The number of ether oxygens (including phenoxy) is 1. The van der Waals surface area contributed by atoms with Gasteiger partial charge in [-0.15, -0.1) is 0 Å². The Kier molecular flexibility index (Phi) is 4.47. The second-order valence-electron chi connectivity index (χ2n) is 8.45. The van der Waals surface area contributed by atoms with E-state index in [1.807, 2.05) is 24.3 Å². The highest BCUT2D eigenvalue weighted by molar-refractivity contribution is 5.79. The van der Waals surface area contributed by atoms with E-state index < -0.39 is 11.7 Å². The van der Waals surface area contributed by atoms with Crippen molar-refractivity contribution >= 4 is 6.09 Å². The third-order valence-electron chi connectivity index (χ3n) is 6.52. The summed E-state index contributed by atoms with van der Waals surface area (Å²) in [5.41, 5.74) is 3.76. The van der Waals surface area contributed by atoms with Crippen molar-refractivity contribution in [3.8, 4) is 11.1 Å². The van der Waals surface area contributed by atoms with Crippen molar-refractivity contribution in [3.63, 3.8) is 0 Å². The second kappa shape index (κ2) is 6.68. The maximum atomic E-state index is 12.3. The summed E-state index contributed by atoms with van der Waals surface area (Å²) in [6.07, 6.45) is 2.20. The maximum Gasteiger partial charge on any atom is 0.407 e. The van der Waals surface area contributed by atoms with E-state index in [1.54, 1.807) is 0 Å². The number of nitrogens with one attached hydrogen (secondary N) is 1. The fourth-order valence-electron chi connectivity index (χ4n) is 4.59. The van der Waals surface area contributed by atoms with Crippen molar-refractivity contribution in [2.45, 2.75) is 44.6 Å². The van der Waals surface area contributed by atoms with E-state index in [4.69, 9.17) is 4.74 Å². The number of alkyl carbamates (subject to hydrolysis) is 1. The topological polar surface area (TPSA) is 58.6 Å². The van der Waals surface area contributed by atoms with E-state index in [2.05, 4.69) is 43.4 Å². The lowest BCUT2D eigenvalue weighted by Crippen LogP contribution is -2.49. The smallest absolute Gasteiger partial charge is 0.407 e. The van der Waals surface area contributed by atoms with Gasteiger partial charge in [0.25, 0.3) is 0 Å². The highest BCUT2D eigenvalue weighted by Crippen LogP contribution is 2.46. The van der Waals surface area contributed by atoms with Crippen LogP contribution in [0.1, 0.15) is 50.2 Å². The largest absolute Gasteiger partial charge is 0.449 e. The van der Waals surface area contributed by atoms with Gasteiger partial charge in [0.2, 0.25) is 0 Å². The van der Waals surface area contributed by atoms with Crippen LogP contribution in [0.4, 0.5) is 4.79 Å². The first kappa shape index (κ1) is 18.1. The van der Waals surface area contributed by atoms with Crippen LogP contribution < -0.4 is 5.32 Å². The van der Waals surface area contributed by atoms with E-state index in [0.717, 1.165) is 12.8 Å². The van der Waals surface area contributed by atoms with E-state index in [-0.39, 0.29) is 17.9 Å². The molecule has 1 fully saturated rings. The van der Waals surface area contributed by atoms with Gasteiger partial charge < -0.3 is 15.2 Å². The molecule has 0 radical (unpaired) electrons. The molecule has 0 aromatic heterocycles. The molecule has 2 aliphatic carbocycles. The summed E-state index contributed by atoms with van der Waals surface area (Å²) in [6.45, 7) is 4.64. The van der Waals surface area contributed by atoms with Crippen molar-refractivity contribution < 1.29 is 14.6 Å². The van der Waals surface area contributed by atoms with Crippen molar-refractivity contribution in [2.24, 2.45) is 5.41 Å². The van der Waals surface area contributed by atoms with Crippen LogP contribution in [-0.4, -0.2) is 30.0 Å². The Hall–Kier alpha value is -2.33. The summed E-state index contributed by atoms with van der Waals surface area (Å²) in [6, 6.07) is 16.6. The number of rotatable bonds is 4. The molecule has 2 aliphatic rings. The van der Waals surface area contributed by atoms with Crippen molar-refractivity contribution in [2.75, 3.05) is 13.2 Å². The summed E-state index contributed by atoms with van der Waals surface area (Å²) < 4.78 is 5.55. The van der Waals surface area contributed by atoms with Gasteiger partial charge in [0.15, 0.2) is 0 Å². The third kappa shape index (κ3) is 3.12. The van der Waals surface area contributed by atoms with E-state index in [1.165, 1.54) is 22.3 Å². The van der Waals surface area contributed by atoms with E-state index in [9.17, 15) is 9.90 Å². The highest BCUT2D eigenvalue weighted by atomic mass is 16.5. The van der Waals surface area contributed by atoms with Gasteiger partial charge in [0.1, 0.15) is 6.61 Å². The van der Waals surface area contributed by atoms with Gasteiger partial charge >= 0.3 is 6.09 Å². The van der Waals surface area contributed by atoms with E-state index >= 15 is 0 Å². The predicted octanol–water partition coefficient (Wildman–Crippen LogP) is 4.47. The SMILES string of the molecule is CC1(C)CCCC1(O)CNC(=O)OCC1c2ccccc2-c2ccccc21. The van der Waals surface area contributed by atoms with Crippen molar-refractivity contribution in [1.29, 1.82) is 0 Å². The summed E-state index contributed by atoms with van der Waals surface area (Å²) in [5, 5.41) is 13.6. The molecule has 1 unspecified atom stereocenters. The second-order valence-corrected chi connectivity index (χ2v) is 8.45. The van der Waals surface area contributed by atoms with Crippen molar-refractivity contribution in [3.05, 3.63) is 59.7 Å². The van der Waals surface area contributed by atoms with E-state index in [0.29, 0.717) is 13.0 Å². The number of aliphatic hydroxyl groups is 1. The average Bonchev–Trinajstić information content (AvgIpc) is 3.12. The summed E-state index contributed by atoms with van der Waals surface area (Å²) in [5.74, 6) is 0.0501. The third-order valence-corrected chi connectivity index (χ3v) is 6.52. The first-order chi connectivity index (χ1) is 12.9. The summed E-state index contributed by atoms with van der Waals surface area (Å²) >= 11 is 0. The molecule has 4 rings (SSSR count). The van der Waals surface area contributed by atoms with Gasteiger partial charge in [-0.05, 0) is 46.9 Å². The van der Waals surface area contributed by atoms with Gasteiger partial charge in [-0.25, -0.2) is 4.79 Å². The highest BCUT2D eigenvalue weighted by Gasteiger charge is 2.47. The number of carbonyl (C=O) groups is 1. The Morgan fingerprint density at radius 2 is 1.67 bits per heavy atom. The molecule has 4 nitrogen and oxygen atoms in total. The minimum atomic E-state index is -0.863. The molecule has 4 heteroatoms. The Labute approximate surface area is 160 Å². The van der Waals surface area contributed by atoms with Gasteiger partial charge in [0, 0.05) is 5.92 Å². The standard InChI is InChI=1S/C23H27NO3/c1-22(2)12-7-13-23(22,26)15-24-21(25)27-14-20-18-10-5-3-8-16(18)17-9-4-6-11-19(17)20/h3-6,8-11,20,26H,7,12-15H2,1-2H3,(H,24,25). The van der Waals surface area contributed by atoms with Crippen LogP contribution in [0.5, 0.6) is 0 Å². The molecule has 0 aliphatic heterocycles. The molecule has 1 saturated carbocycles. The number of hydrogen-bond donors (Lipinski definition) is 2. The van der Waals surface area contributed by atoms with Crippen LogP contribution in [0.3, 0.4) is 0 Å². The molecular formula is C23H27NO3. The number of carbonyl (C=O) groups excluding carboxylic acids is 1. The zero-order chi connectivity index (χ0) is 19.1. The zero-order valence-corrected chi connectivity index (χ0v) is 16.0. The monoisotopic (exact) mass is 365 g/mol. The lowest BCUT2D eigenvalue weighted by Gasteiger charge is -2.36. The molecule has 0 heterocycles. The molecule has 2 N–H and O–H groups in total. The number of hydrogen-bond acceptors (Lipinski definition) is 3. The van der Waals surface area contributed by atoms with Crippen LogP contribution >= 0.6 is 0 Å². The van der Waals surface area contributed by atoms with Crippen LogP contribution in [0, 0.1) is 5.41 Å². The van der Waals surface area contributed by atoms with Gasteiger partial charge in [0.05, 0.1) is 12.1 Å². The average molecular weight is 365 g/mol. The first-order valence-electron chi connectivity index (χ1n) is 9.73. The fourth-order valence-corrected chi connectivity index (χ4v) is 4.59. The number of benzene rings is 2. The molecular weight excluding hydrogens is 338 g/mol. The predicted molar refractivity (Wildman–Crippen MR) is 106 cm³/mol. The normalized spacial score (nSPS) is 22.9. The maximum absolute atomic E-state index is 12.3. The molecule has 27 heavy (non-hydrogen) atoms. The lowest BCUT2D eigenvalue weighted by molar-refractivity contribution is -0.0403. The molecule has 2 aromatic rings. The summed E-state index contributed by atoms with van der Waals surface area (Å²) in [7, 11) is 0. The molecule has 1 amide bonds. The van der Waals surface area contributed by atoms with Crippen LogP contribution in [0.2, 0.25) is 0 Å². The van der Waals surface area contributed by atoms with Crippen LogP contribution in [0.15, 0.2) is 48.5 Å². The Morgan fingerprint density at radius 1 is 1.07 bits per heavy atom. The van der Waals surface area contributed by atoms with Crippen LogP contribution in [0.25, 0.3) is 11.1 Å². The van der Waals surface area contributed by atoms with Crippen molar-refractivity contribution in [1.82, 2.24) is 5.32 Å². The molecule has 2 aromatic carbocycles. The van der Waals surface area contributed by atoms with Gasteiger partial charge in [-0.2, -0.15) is 0 Å². The first-order valence-corrected chi connectivity index (χ1v) is 9.73. The Morgan fingerprint density at radius 3 is 2.22 bits per heavy atom. The molecule has 0 bridgehead atoms. The molecule has 1 atom stereocenters. The van der Waals surface area contributed by atoms with Gasteiger partial charge in [-0.1, -0.05) is 62.4 Å². The minimum absolute atomic E-state index is 0.0501. The quantitative estimate of drug-likeness (QED) is 0.841. The van der Waals surface area contributed by atoms with Gasteiger partial charge in [-0.3, -0.25) is 0 Å². The molecule has 0 saturated heterocycles. The Balaban J connectivity index is 1.41.